The Balaban J connectivity index is 2.06. The van der Waals surface area contributed by atoms with Crippen molar-refractivity contribution in [3.63, 3.8) is 0 Å². The molecule has 19 heavy (non-hydrogen) atoms. The molecule has 2 nitrogen and oxygen atoms in total. The Morgan fingerprint density at radius 3 is 2.89 bits per heavy atom. The van der Waals surface area contributed by atoms with Crippen LogP contribution in [0.25, 0.3) is 0 Å². The summed E-state index contributed by atoms with van der Waals surface area (Å²) in [6.45, 7) is 7.99. The first-order chi connectivity index (χ1) is 9.00. The number of hydrogen-bond donors (Lipinski definition) is 0. The molecule has 2 rings (SSSR count). The van der Waals surface area contributed by atoms with Gasteiger partial charge in [-0.3, -0.25) is 4.90 Å². The van der Waals surface area contributed by atoms with Gasteiger partial charge in [-0.2, -0.15) is 11.8 Å². The van der Waals surface area contributed by atoms with Crippen LogP contribution in [0, 0.1) is 0 Å². The molecule has 0 N–H and O–H groups in total. The summed E-state index contributed by atoms with van der Waals surface area (Å²) in [7, 11) is 1.74. The highest BCUT2D eigenvalue weighted by atomic mass is 79.9. The van der Waals surface area contributed by atoms with E-state index in [0.717, 1.165) is 29.9 Å². The molecule has 1 saturated heterocycles. The molecule has 106 valence electrons. The normalized spacial score (nSPS) is 20.0. The molecule has 1 aromatic rings. The molecule has 1 heterocycles. The van der Waals surface area contributed by atoms with Crippen LogP contribution in [-0.4, -0.2) is 35.6 Å². The number of ether oxygens (including phenoxy) is 1. The van der Waals surface area contributed by atoms with E-state index in [1.165, 1.54) is 17.7 Å². The zero-order chi connectivity index (χ0) is 13.9. The van der Waals surface area contributed by atoms with Gasteiger partial charge in [0.05, 0.1) is 7.11 Å². The van der Waals surface area contributed by atoms with E-state index in [2.05, 4.69) is 52.5 Å². The van der Waals surface area contributed by atoms with Crippen LogP contribution in [0.15, 0.2) is 22.7 Å². The van der Waals surface area contributed by atoms with Crippen molar-refractivity contribution in [2.24, 2.45) is 0 Å². The lowest BCUT2D eigenvalue weighted by molar-refractivity contribution is 0.271. The van der Waals surface area contributed by atoms with Gasteiger partial charge in [-0.15, -0.1) is 0 Å². The van der Waals surface area contributed by atoms with E-state index in [-0.39, 0.29) is 0 Å². The van der Waals surface area contributed by atoms with E-state index in [1.54, 1.807) is 7.11 Å². The van der Waals surface area contributed by atoms with E-state index in [1.807, 2.05) is 12.1 Å². The molecule has 1 fully saturated rings. The van der Waals surface area contributed by atoms with Crippen LogP contribution in [0.3, 0.4) is 0 Å². The number of hydrogen-bond acceptors (Lipinski definition) is 3. The topological polar surface area (TPSA) is 12.5 Å². The van der Waals surface area contributed by atoms with Gasteiger partial charge >= 0.3 is 0 Å². The minimum atomic E-state index is 0.413. The van der Waals surface area contributed by atoms with Crippen LogP contribution in [0.4, 0.5) is 0 Å². The molecule has 0 unspecified atom stereocenters. The van der Waals surface area contributed by atoms with E-state index < -0.39 is 0 Å². The average molecular weight is 344 g/mol. The molecule has 0 atom stereocenters. The predicted molar refractivity (Wildman–Crippen MR) is 87.1 cm³/mol. The first-order valence-corrected chi connectivity index (χ1v) is 8.47. The SMILES string of the molecule is COc1ccc(Br)cc1CN1CCSC(C)(C)CC1. The molecule has 4 heteroatoms. The van der Waals surface area contributed by atoms with Crippen molar-refractivity contribution in [2.45, 2.75) is 31.6 Å². The van der Waals surface area contributed by atoms with Crippen molar-refractivity contribution in [1.82, 2.24) is 4.90 Å². The summed E-state index contributed by atoms with van der Waals surface area (Å²) in [6, 6.07) is 6.24. The molecule has 1 aromatic carbocycles. The summed E-state index contributed by atoms with van der Waals surface area (Å²) in [5.41, 5.74) is 1.27. The summed E-state index contributed by atoms with van der Waals surface area (Å²) < 4.78 is 6.99. The van der Waals surface area contributed by atoms with Gasteiger partial charge in [0.15, 0.2) is 0 Å². The molecule has 0 aliphatic carbocycles. The first kappa shape index (κ1) is 15.2. The highest BCUT2D eigenvalue weighted by molar-refractivity contribution is 9.10. The number of nitrogens with zero attached hydrogens (tertiary/aromatic N) is 1. The third kappa shape index (κ3) is 4.40. The second-order valence-corrected chi connectivity index (χ2v) is 8.31. The summed E-state index contributed by atoms with van der Waals surface area (Å²) in [6.07, 6.45) is 1.24. The van der Waals surface area contributed by atoms with Crippen LogP contribution in [0.1, 0.15) is 25.8 Å². The second-order valence-electron chi connectivity index (χ2n) is 5.59. The predicted octanol–water partition coefficient (Wildman–Crippen LogP) is 4.18. The van der Waals surface area contributed by atoms with Crippen LogP contribution in [0.5, 0.6) is 5.75 Å². The molecular formula is C15H22BrNOS. The smallest absolute Gasteiger partial charge is 0.123 e. The van der Waals surface area contributed by atoms with Crippen molar-refractivity contribution in [1.29, 1.82) is 0 Å². The monoisotopic (exact) mass is 343 g/mol. The molecule has 0 amide bonds. The van der Waals surface area contributed by atoms with Crippen molar-refractivity contribution < 1.29 is 4.74 Å². The Kier molecular flexibility index (Phi) is 5.21. The van der Waals surface area contributed by atoms with Crippen LogP contribution < -0.4 is 4.74 Å². The minimum absolute atomic E-state index is 0.413. The lowest BCUT2D eigenvalue weighted by Crippen LogP contribution is -2.27. The quantitative estimate of drug-likeness (QED) is 0.816. The van der Waals surface area contributed by atoms with E-state index in [4.69, 9.17) is 4.74 Å². The molecule has 0 aromatic heterocycles. The maximum Gasteiger partial charge on any atom is 0.123 e. The van der Waals surface area contributed by atoms with Gasteiger partial charge in [0, 0.05) is 33.6 Å². The van der Waals surface area contributed by atoms with E-state index in [0.29, 0.717) is 4.75 Å². The van der Waals surface area contributed by atoms with E-state index >= 15 is 0 Å². The molecule has 0 radical (unpaired) electrons. The van der Waals surface area contributed by atoms with Crippen molar-refractivity contribution in [2.75, 3.05) is 26.0 Å². The Bertz CT molecular complexity index is 436. The number of halogens is 1. The van der Waals surface area contributed by atoms with Gasteiger partial charge in [-0.05, 0) is 31.2 Å². The Morgan fingerprint density at radius 2 is 2.16 bits per heavy atom. The number of methoxy groups -OCH3 is 1. The summed E-state index contributed by atoms with van der Waals surface area (Å²) in [5, 5.41) is 0. The maximum atomic E-state index is 5.46. The highest BCUT2D eigenvalue weighted by Crippen LogP contribution is 2.32. The highest BCUT2D eigenvalue weighted by Gasteiger charge is 2.24. The summed E-state index contributed by atoms with van der Waals surface area (Å²) >= 11 is 5.63. The fraction of sp³-hybridized carbons (Fsp3) is 0.600. The molecule has 0 saturated carbocycles. The summed E-state index contributed by atoms with van der Waals surface area (Å²) in [4.78, 5) is 2.53. The molecule has 0 bridgehead atoms. The van der Waals surface area contributed by atoms with Crippen LogP contribution >= 0.6 is 27.7 Å². The zero-order valence-electron chi connectivity index (χ0n) is 11.9. The molecule has 0 spiro atoms. The first-order valence-electron chi connectivity index (χ1n) is 6.69. The minimum Gasteiger partial charge on any atom is -0.496 e. The Hall–Kier alpha value is -0.190. The van der Waals surface area contributed by atoms with Gasteiger partial charge in [0.1, 0.15) is 5.75 Å². The fourth-order valence-electron chi connectivity index (χ4n) is 2.33. The second kappa shape index (κ2) is 6.51. The number of benzene rings is 1. The Morgan fingerprint density at radius 1 is 1.37 bits per heavy atom. The number of thioether (sulfide) groups is 1. The van der Waals surface area contributed by atoms with Gasteiger partial charge in [-0.1, -0.05) is 29.8 Å². The van der Waals surface area contributed by atoms with Crippen molar-refractivity contribution in [3.05, 3.63) is 28.2 Å². The summed E-state index contributed by atoms with van der Waals surface area (Å²) in [5.74, 6) is 2.20. The largest absolute Gasteiger partial charge is 0.496 e. The standard InChI is InChI=1S/C15H22BrNOS/c1-15(2)6-7-17(8-9-19-15)11-12-10-13(16)4-5-14(12)18-3/h4-5,10H,6-9,11H2,1-3H3. The molecular weight excluding hydrogens is 322 g/mol. The third-order valence-corrected chi connectivity index (χ3v) is 5.43. The fourth-order valence-corrected chi connectivity index (χ4v) is 3.88. The lowest BCUT2D eigenvalue weighted by Gasteiger charge is -2.23. The van der Waals surface area contributed by atoms with Crippen molar-refractivity contribution in [3.8, 4) is 5.75 Å². The van der Waals surface area contributed by atoms with Crippen LogP contribution in [-0.2, 0) is 6.54 Å². The number of rotatable bonds is 3. The molecule has 1 aliphatic heterocycles. The zero-order valence-corrected chi connectivity index (χ0v) is 14.3. The average Bonchev–Trinajstić information content (AvgIpc) is 2.51. The van der Waals surface area contributed by atoms with Gasteiger partial charge in [0.25, 0.3) is 0 Å². The Labute approximate surface area is 129 Å². The third-order valence-electron chi connectivity index (χ3n) is 3.57. The lowest BCUT2D eigenvalue weighted by atomic mass is 10.1. The van der Waals surface area contributed by atoms with Gasteiger partial charge in [-0.25, -0.2) is 0 Å². The van der Waals surface area contributed by atoms with Gasteiger partial charge < -0.3 is 4.74 Å². The van der Waals surface area contributed by atoms with Gasteiger partial charge in [0.2, 0.25) is 0 Å². The maximum absolute atomic E-state index is 5.46. The van der Waals surface area contributed by atoms with Crippen LogP contribution in [0.2, 0.25) is 0 Å². The van der Waals surface area contributed by atoms with E-state index in [9.17, 15) is 0 Å². The molecule has 1 aliphatic rings. The van der Waals surface area contributed by atoms with Crippen molar-refractivity contribution >= 4 is 27.7 Å².